The van der Waals surface area contributed by atoms with Gasteiger partial charge >= 0.3 is 5.69 Å². The maximum atomic E-state index is 10.6. The van der Waals surface area contributed by atoms with E-state index in [1.807, 2.05) is 0 Å². The fourth-order valence-corrected chi connectivity index (χ4v) is 1.04. The standard InChI is InChI=1S/C9H11NO4/c1-6(2)14-8-5-3-4-7(11)9(8)10(12)13/h3-6,11H,1-2H3. The molecule has 0 saturated heterocycles. The molecule has 0 unspecified atom stereocenters. The molecule has 0 bridgehead atoms. The number of aromatic hydroxyl groups is 1. The predicted octanol–water partition coefficient (Wildman–Crippen LogP) is 2.09. The van der Waals surface area contributed by atoms with Gasteiger partial charge in [-0.15, -0.1) is 0 Å². The Hall–Kier alpha value is -1.78. The lowest BCUT2D eigenvalue weighted by atomic mass is 10.2. The number of hydrogen-bond donors (Lipinski definition) is 1. The molecule has 0 saturated carbocycles. The first-order valence-corrected chi connectivity index (χ1v) is 4.15. The van der Waals surface area contributed by atoms with E-state index in [-0.39, 0.29) is 23.3 Å². The number of nitro groups is 1. The monoisotopic (exact) mass is 197 g/mol. The summed E-state index contributed by atoms with van der Waals surface area (Å²) in [6.45, 7) is 3.52. The smallest absolute Gasteiger partial charge is 0.352 e. The van der Waals surface area contributed by atoms with Crippen LogP contribution in [0.25, 0.3) is 0 Å². The van der Waals surface area contributed by atoms with Crippen LogP contribution in [0.5, 0.6) is 11.5 Å². The number of nitro benzene ring substituents is 1. The van der Waals surface area contributed by atoms with Gasteiger partial charge in [-0.2, -0.15) is 0 Å². The van der Waals surface area contributed by atoms with Crippen LogP contribution >= 0.6 is 0 Å². The second-order valence-electron chi connectivity index (χ2n) is 3.05. The SMILES string of the molecule is CC(C)Oc1cccc(O)c1[N+](=O)[O-]. The summed E-state index contributed by atoms with van der Waals surface area (Å²) in [6.07, 6.45) is -0.171. The van der Waals surface area contributed by atoms with Crippen molar-refractivity contribution in [1.29, 1.82) is 0 Å². The van der Waals surface area contributed by atoms with E-state index in [2.05, 4.69) is 0 Å². The second kappa shape index (κ2) is 3.95. The molecule has 0 fully saturated rings. The zero-order valence-corrected chi connectivity index (χ0v) is 7.93. The molecule has 0 aliphatic heterocycles. The molecule has 0 aliphatic carbocycles. The van der Waals surface area contributed by atoms with Gasteiger partial charge in [0.15, 0.2) is 5.75 Å². The van der Waals surface area contributed by atoms with Crippen molar-refractivity contribution in [2.24, 2.45) is 0 Å². The average molecular weight is 197 g/mol. The van der Waals surface area contributed by atoms with Crippen molar-refractivity contribution in [3.05, 3.63) is 28.3 Å². The lowest BCUT2D eigenvalue weighted by molar-refractivity contribution is -0.387. The highest BCUT2D eigenvalue weighted by Gasteiger charge is 2.20. The van der Waals surface area contributed by atoms with Crippen LogP contribution in [0.15, 0.2) is 18.2 Å². The van der Waals surface area contributed by atoms with Crippen LogP contribution in [-0.2, 0) is 0 Å². The van der Waals surface area contributed by atoms with Gasteiger partial charge in [-0.1, -0.05) is 6.07 Å². The zero-order chi connectivity index (χ0) is 10.7. The van der Waals surface area contributed by atoms with Crippen LogP contribution in [0.2, 0.25) is 0 Å². The molecule has 0 spiro atoms. The number of rotatable bonds is 3. The van der Waals surface area contributed by atoms with E-state index in [0.717, 1.165) is 0 Å². The zero-order valence-electron chi connectivity index (χ0n) is 7.93. The van der Waals surface area contributed by atoms with Gasteiger partial charge in [0, 0.05) is 0 Å². The van der Waals surface area contributed by atoms with Crippen LogP contribution < -0.4 is 4.74 Å². The minimum atomic E-state index is -0.660. The summed E-state index contributed by atoms with van der Waals surface area (Å²) in [5, 5.41) is 19.8. The number of phenolic OH excluding ortho intramolecular Hbond substituents is 1. The van der Waals surface area contributed by atoms with E-state index in [1.54, 1.807) is 13.8 Å². The van der Waals surface area contributed by atoms with Gasteiger partial charge in [0.05, 0.1) is 11.0 Å². The minimum Gasteiger partial charge on any atom is -0.502 e. The first-order valence-electron chi connectivity index (χ1n) is 4.15. The Balaban J connectivity index is 3.14. The van der Waals surface area contributed by atoms with Gasteiger partial charge in [0.2, 0.25) is 5.75 Å². The molecule has 1 aromatic carbocycles. The number of para-hydroxylation sites is 1. The topological polar surface area (TPSA) is 72.6 Å². The van der Waals surface area contributed by atoms with Gasteiger partial charge < -0.3 is 9.84 Å². The van der Waals surface area contributed by atoms with Crippen molar-refractivity contribution < 1.29 is 14.8 Å². The van der Waals surface area contributed by atoms with Gasteiger partial charge in [-0.3, -0.25) is 10.1 Å². The van der Waals surface area contributed by atoms with Crippen molar-refractivity contribution in [3.63, 3.8) is 0 Å². The third-order valence-electron chi connectivity index (χ3n) is 1.52. The van der Waals surface area contributed by atoms with Crippen LogP contribution in [0.3, 0.4) is 0 Å². The molecule has 1 N–H and O–H groups in total. The molecular formula is C9H11NO4. The molecule has 76 valence electrons. The highest BCUT2D eigenvalue weighted by Crippen LogP contribution is 2.35. The van der Waals surface area contributed by atoms with Crippen LogP contribution in [0, 0.1) is 10.1 Å². The van der Waals surface area contributed by atoms with E-state index >= 15 is 0 Å². The third kappa shape index (κ3) is 2.12. The van der Waals surface area contributed by atoms with E-state index in [4.69, 9.17) is 4.74 Å². The highest BCUT2D eigenvalue weighted by atomic mass is 16.6. The molecule has 0 amide bonds. The summed E-state index contributed by atoms with van der Waals surface area (Å²) >= 11 is 0. The number of ether oxygens (including phenoxy) is 1. The van der Waals surface area contributed by atoms with Gasteiger partial charge in [-0.05, 0) is 26.0 Å². The number of benzene rings is 1. The average Bonchev–Trinajstić information content (AvgIpc) is 2.01. The van der Waals surface area contributed by atoms with Crippen LogP contribution in [0.4, 0.5) is 5.69 Å². The van der Waals surface area contributed by atoms with Crippen molar-refractivity contribution in [1.82, 2.24) is 0 Å². The molecule has 1 rings (SSSR count). The number of phenols is 1. The van der Waals surface area contributed by atoms with E-state index < -0.39 is 4.92 Å². The Morgan fingerprint density at radius 2 is 2.14 bits per heavy atom. The predicted molar refractivity (Wildman–Crippen MR) is 50.5 cm³/mol. The Bertz CT molecular complexity index is 349. The van der Waals surface area contributed by atoms with Crippen LogP contribution in [0.1, 0.15) is 13.8 Å². The van der Waals surface area contributed by atoms with Gasteiger partial charge in [0.25, 0.3) is 0 Å². The maximum absolute atomic E-state index is 10.6. The Morgan fingerprint density at radius 3 is 2.64 bits per heavy atom. The molecule has 0 aliphatic rings. The summed E-state index contributed by atoms with van der Waals surface area (Å²) in [5.41, 5.74) is -0.388. The quantitative estimate of drug-likeness (QED) is 0.594. The Morgan fingerprint density at radius 1 is 1.50 bits per heavy atom. The summed E-state index contributed by atoms with van der Waals surface area (Å²) < 4.78 is 5.19. The lowest BCUT2D eigenvalue weighted by Crippen LogP contribution is -2.07. The Labute approximate surface area is 81.1 Å². The third-order valence-corrected chi connectivity index (χ3v) is 1.52. The highest BCUT2D eigenvalue weighted by molar-refractivity contribution is 5.56. The van der Waals surface area contributed by atoms with E-state index in [9.17, 15) is 15.2 Å². The van der Waals surface area contributed by atoms with Gasteiger partial charge in [0.1, 0.15) is 0 Å². The number of hydrogen-bond acceptors (Lipinski definition) is 4. The second-order valence-corrected chi connectivity index (χ2v) is 3.05. The fourth-order valence-electron chi connectivity index (χ4n) is 1.04. The van der Waals surface area contributed by atoms with E-state index in [0.29, 0.717) is 0 Å². The van der Waals surface area contributed by atoms with Crippen molar-refractivity contribution in [3.8, 4) is 11.5 Å². The van der Waals surface area contributed by atoms with Gasteiger partial charge in [-0.25, -0.2) is 0 Å². The summed E-state index contributed by atoms with van der Waals surface area (Å²) in [4.78, 5) is 9.93. The maximum Gasteiger partial charge on any atom is 0.352 e. The summed E-state index contributed by atoms with van der Waals surface area (Å²) in [6, 6.07) is 4.21. The lowest BCUT2D eigenvalue weighted by Gasteiger charge is -2.09. The first-order chi connectivity index (χ1) is 6.52. The largest absolute Gasteiger partial charge is 0.502 e. The first kappa shape index (κ1) is 10.3. The van der Waals surface area contributed by atoms with E-state index in [1.165, 1.54) is 18.2 Å². The minimum absolute atomic E-state index is 0.0880. The molecule has 0 heterocycles. The molecule has 14 heavy (non-hydrogen) atoms. The molecular weight excluding hydrogens is 186 g/mol. The molecule has 1 aromatic rings. The summed E-state index contributed by atoms with van der Waals surface area (Å²) in [5.74, 6) is -0.293. The van der Waals surface area contributed by atoms with Crippen LogP contribution in [-0.4, -0.2) is 16.1 Å². The van der Waals surface area contributed by atoms with Crippen molar-refractivity contribution in [2.45, 2.75) is 20.0 Å². The summed E-state index contributed by atoms with van der Waals surface area (Å²) in [7, 11) is 0. The molecule has 5 nitrogen and oxygen atoms in total. The normalized spacial score (nSPS) is 10.2. The number of nitrogens with zero attached hydrogens (tertiary/aromatic N) is 1. The van der Waals surface area contributed by atoms with Crippen molar-refractivity contribution in [2.75, 3.05) is 0 Å². The molecule has 0 atom stereocenters. The fraction of sp³-hybridized carbons (Fsp3) is 0.333. The Kier molecular flexibility index (Phi) is 2.91. The molecule has 5 heteroatoms. The van der Waals surface area contributed by atoms with Crippen molar-refractivity contribution >= 4 is 5.69 Å². The molecule has 0 radical (unpaired) electrons. The molecule has 0 aromatic heterocycles.